The highest BCUT2D eigenvalue weighted by atomic mass is 16.3. The Morgan fingerprint density at radius 1 is 1.29 bits per heavy atom. The highest BCUT2D eigenvalue weighted by molar-refractivity contribution is 4.90. The Labute approximate surface area is 103 Å². The first kappa shape index (κ1) is 12.6. The van der Waals surface area contributed by atoms with Crippen molar-refractivity contribution in [2.45, 2.75) is 50.6 Å². The Morgan fingerprint density at radius 3 is 2.76 bits per heavy atom. The maximum atomic E-state index is 9.55. The van der Waals surface area contributed by atoms with Crippen LogP contribution in [0.25, 0.3) is 0 Å². The van der Waals surface area contributed by atoms with E-state index in [1.165, 1.54) is 19.3 Å². The number of aliphatic hydroxyl groups is 1. The first-order chi connectivity index (χ1) is 8.35. The zero-order valence-electron chi connectivity index (χ0n) is 10.4. The fraction of sp³-hybridized carbons (Fsp3) is 0.769. The van der Waals surface area contributed by atoms with E-state index in [0.717, 1.165) is 32.4 Å². The molecule has 2 rings (SSSR count). The standard InChI is InChI=1S/C13H23N3O/c17-11-13(5-2-1-3-6-13)15-7-4-9-16-10-8-14-12-16/h8,10,12,15,17H,1-7,9,11H2. The molecule has 1 aliphatic carbocycles. The molecule has 0 unspecified atom stereocenters. The summed E-state index contributed by atoms with van der Waals surface area (Å²) in [6.07, 6.45) is 12.8. The van der Waals surface area contributed by atoms with Crippen LogP contribution in [0.3, 0.4) is 0 Å². The fourth-order valence-electron chi connectivity index (χ4n) is 2.65. The summed E-state index contributed by atoms with van der Waals surface area (Å²) in [5.41, 5.74) is 0.00713. The minimum atomic E-state index is 0.00713. The van der Waals surface area contributed by atoms with Crippen molar-refractivity contribution in [2.75, 3.05) is 13.2 Å². The molecule has 1 aromatic rings. The van der Waals surface area contributed by atoms with Crippen LogP contribution in [0.15, 0.2) is 18.7 Å². The molecule has 96 valence electrons. The predicted octanol–water partition coefficient (Wildman–Crippen LogP) is 1.56. The summed E-state index contributed by atoms with van der Waals surface area (Å²) in [5.74, 6) is 0. The summed E-state index contributed by atoms with van der Waals surface area (Å²) in [4.78, 5) is 4.02. The summed E-state index contributed by atoms with van der Waals surface area (Å²) in [7, 11) is 0. The molecule has 2 N–H and O–H groups in total. The SMILES string of the molecule is OCC1(NCCCn2ccnc2)CCCCC1. The fourth-order valence-corrected chi connectivity index (χ4v) is 2.65. The number of imidazole rings is 1. The Bertz CT molecular complexity index is 304. The lowest BCUT2D eigenvalue weighted by Gasteiger charge is -2.36. The number of nitrogens with zero attached hydrogens (tertiary/aromatic N) is 2. The average Bonchev–Trinajstić information content (AvgIpc) is 2.89. The van der Waals surface area contributed by atoms with Crippen LogP contribution in [-0.2, 0) is 6.54 Å². The summed E-state index contributed by atoms with van der Waals surface area (Å²) in [6.45, 7) is 2.24. The Balaban J connectivity index is 1.69. The molecule has 0 spiro atoms. The van der Waals surface area contributed by atoms with Gasteiger partial charge in [0.25, 0.3) is 0 Å². The molecule has 0 aliphatic heterocycles. The zero-order valence-corrected chi connectivity index (χ0v) is 10.4. The van der Waals surface area contributed by atoms with Crippen LogP contribution in [0.1, 0.15) is 38.5 Å². The molecule has 0 saturated heterocycles. The van der Waals surface area contributed by atoms with E-state index in [1.807, 2.05) is 18.7 Å². The summed E-state index contributed by atoms with van der Waals surface area (Å²) in [5, 5.41) is 13.1. The van der Waals surface area contributed by atoms with Crippen molar-refractivity contribution in [2.24, 2.45) is 0 Å². The summed E-state index contributed by atoms with van der Waals surface area (Å²) >= 11 is 0. The molecule has 0 amide bonds. The van der Waals surface area contributed by atoms with Gasteiger partial charge in [-0.15, -0.1) is 0 Å². The molecule has 4 heteroatoms. The zero-order chi connectivity index (χ0) is 12.0. The van der Waals surface area contributed by atoms with Crippen LogP contribution in [0.2, 0.25) is 0 Å². The van der Waals surface area contributed by atoms with Crippen molar-refractivity contribution < 1.29 is 5.11 Å². The second-order valence-electron chi connectivity index (χ2n) is 5.08. The molecule has 1 fully saturated rings. The van der Waals surface area contributed by atoms with Gasteiger partial charge in [-0.2, -0.15) is 0 Å². The van der Waals surface area contributed by atoms with Crippen molar-refractivity contribution in [3.05, 3.63) is 18.7 Å². The molecule has 0 bridgehead atoms. The molecule has 0 atom stereocenters. The van der Waals surface area contributed by atoms with Crippen LogP contribution >= 0.6 is 0 Å². The van der Waals surface area contributed by atoms with Gasteiger partial charge in [0.05, 0.1) is 12.9 Å². The molecule has 1 saturated carbocycles. The molecule has 1 aliphatic rings. The number of nitrogens with one attached hydrogen (secondary N) is 1. The van der Waals surface area contributed by atoms with Crippen LogP contribution in [0.4, 0.5) is 0 Å². The van der Waals surface area contributed by atoms with Gasteiger partial charge in [0, 0.05) is 24.5 Å². The van der Waals surface area contributed by atoms with Gasteiger partial charge in [0.2, 0.25) is 0 Å². The molecule has 0 aromatic carbocycles. The van der Waals surface area contributed by atoms with Gasteiger partial charge in [-0.05, 0) is 25.8 Å². The van der Waals surface area contributed by atoms with Crippen molar-refractivity contribution in [3.63, 3.8) is 0 Å². The number of hydrogen-bond acceptors (Lipinski definition) is 3. The number of aryl methyl sites for hydroxylation is 1. The molecule has 4 nitrogen and oxygen atoms in total. The quantitative estimate of drug-likeness (QED) is 0.738. The van der Waals surface area contributed by atoms with Gasteiger partial charge in [0.1, 0.15) is 0 Å². The Kier molecular flexibility index (Phi) is 4.57. The number of rotatable bonds is 6. The smallest absolute Gasteiger partial charge is 0.0945 e. The molecular formula is C13H23N3O. The molecule has 1 aromatic heterocycles. The third-order valence-corrected chi connectivity index (χ3v) is 3.77. The molecular weight excluding hydrogens is 214 g/mol. The lowest BCUT2D eigenvalue weighted by atomic mass is 9.82. The number of aliphatic hydroxyl groups excluding tert-OH is 1. The van der Waals surface area contributed by atoms with Crippen LogP contribution in [-0.4, -0.2) is 33.3 Å². The number of hydrogen-bond donors (Lipinski definition) is 2. The van der Waals surface area contributed by atoms with E-state index in [4.69, 9.17) is 0 Å². The van der Waals surface area contributed by atoms with Crippen LogP contribution in [0.5, 0.6) is 0 Å². The van der Waals surface area contributed by atoms with Gasteiger partial charge < -0.3 is 15.0 Å². The normalized spacial score (nSPS) is 19.4. The average molecular weight is 237 g/mol. The van der Waals surface area contributed by atoms with Crippen LogP contribution in [0, 0.1) is 0 Å². The van der Waals surface area contributed by atoms with E-state index in [0.29, 0.717) is 0 Å². The third-order valence-electron chi connectivity index (χ3n) is 3.77. The van der Waals surface area contributed by atoms with E-state index < -0.39 is 0 Å². The lowest BCUT2D eigenvalue weighted by molar-refractivity contribution is 0.120. The van der Waals surface area contributed by atoms with Gasteiger partial charge in [-0.1, -0.05) is 19.3 Å². The van der Waals surface area contributed by atoms with Crippen LogP contribution < -0.4 is 5.32 Å². The first-order valence-electron chi connectivity index (χ1n) is 6.66. The predicted molar refractivity (Wildman–Crippen MR) is 67.7 cm³/mol. The maximum absolute atomic E-state index is 9.55. The second-order valence-corrected chi connectivity index (χ2v) is 5.08. The molecule has 0 radical (unpaired) electrons. The van der Waals surface area contributed by atoms with E-state index in [-0.39, 0.29) is 12.1 Å². The minimum absolute atomic E-state index is 0.00713. The van der Waals surface area contributed by atoms with E-state index >= 15 is 0 Å². The van der Waals surface area contributed by atoms with Gasteiger partial charge >= 0.3 is 0 Å². The topological polar surface area (TPSA) is 50.1 Å². The molecule has 17 heavy (non-hydrogen) atoms. The largest absolute Gasteiger partial charge is 0.394 e. The Morgan fingerprint density at radius 2 is 2.12 bits per heavy atom. The third kappa shape index (κ3) is 3.54. The second kappa shape index (κ2) is 6.17. The highest BCUT2D eigenvalue weighted by Crippen LogP contribution is 2.27. The monoisotopic (exact) mass is 237 g/mol. The van der Waals surface area contributed by atoms with E-state index in [1.54, 1.807) is 0 Å². The van der Waals surface area contributed by atoms with Gasteiger partial charge in [-0.3, -0.25) is 0 Å². The van der Waals surface area contributed by atoms with Gasteiger partial charge in [0.15, 0.2) is 0 Å². The molecule has 1 heterocycles. The van der Waals surface area contributed by atoms with E-state index in [9.17, 15) is 5.11 Å². The van der Waals surface area contributed by atoms with E-state index in [2.05, 4.69) is 14.9 Å². The van der Waals surface area contributed by atoms with Crippen molar-refractivity contribution in [3.8, 4) is 0 Å². The minimum Gasteiger partial charge on any atom is -0.394 e. The lowest BCUT2D eigenvalue weighted by Crippen LogP contribution is -2.50. The Hall–Kier alpha value is -0.870. The maximum Gasteiger partial charge on any atom is 0.0945 e. The summed E-state index contributed by atoms with van der Waals surface area (Å²) in [6, 6.07) is 0. The van der Waals surface area contributed by atoms with Crippen molar-refractivity contribution >= 4 is 0 Å². The summed E-state index contributed by atoms with van der Waals surface area (Å²) < 4.78 is 2.09. The first-order valence-corrected chi connectivity index (χ1v) is 6.66. The highest BCUT2D eigenvalue weighted by Gasteiger charge is 2.30. The van der Waals surface area contributed by atoms with Crippen molar-refractivity contribution in [1.82, 2.24) is 14.9 Å². The van der Waals surface area contributed by atoms with Crippen molar-refractivity contribution in [1.29, 1.82) is 0 Å². The number of aromatic nitrogens is 2. The van der Waals surface area contributed by atoms with Gasteiger partial charge in [-0.25, -0.2) is 4.98 Å².